The first-order valence-corrected chi connectivity index (χ1v) is 14.9. The van der Waals surface area contributed by atoms with Crippen LogP contribution in [0.5, 0.6) is 0 Å². The number of rotatable bonds is 12. The first-order valence-electron chi connectivity index (χ1n) is 14.9. The minimum Gasteiger partial charge on any atom is -0.481 e. The number of hydrogen-bond donors (Lipinski definition) is 2. The minimum atomic E-state index is -0.794. The fourth-order valence-corrected chi connectivity index (χ4v) is 6.23. The Labute approximate surface area is 230 Å². The molecule has 8 heteroatoms. The van der Waals surface area contributed by atoms with E-state index in [0.717, 1.165) is 87.1 Å². The van der Waals surface area contributed by atoms with Crippen molar-refractivity contribution in [1.29, 1.82) is 0 Å². The standard InChI is InChI=1S/C31H41N5O3/c37-31(38)27(26-8-1-9-29-28(26)19-33-36(29)20-22-10-11-22)14-18-39-25-7-4-17-35(21-25)16-3-6-24-13-12-23-5-2-15-32-30(23)34-24/h1,8-9,12-13,19,22,25,27H,2-7,10-11,14-18,20-21H2,(H,32,34)(H,37,38)/t25-,27-/m1/s1. The second-order valence-electron chi connectivity index (χ2n) is 11.6. The number of hydrogen-bond acceptors (Lipinski definition) is 6. The van der Waals surface area contributed by atoms with E-state index in [2.05, 4.69) is 33.5 Å². The molecule has 6 rings (SSSR count). The van der Waals surface area contributed by atoms with Gasteiger partial charge in [-0.25, -0.2) is 4.98 Å². The van der Waals surface area contributed by atoms with Gasteiger partial charge in [-0.1, -0.05) is 18.2 Å². The summed E-state index contributed by atoms with van der Waals surface area (Å²) in [6, 6.07) is 10.4. The molecule has 1 saturated carbocycles. The van der Waals surface area contributed by atoms with E-state index in [4.69, 9.17) is 9.72 Å². The van der Waals surface area contributed by atoms with E-state index >= 15 is 0 Å². The zero-order valence-corrected chi connectivity index (χ0v) is 22.9. The van der Waals surface area contributed by atoms with Crippen LogP contribution >= 0.6 is 0 Å². The van der Waals surface area contributed by atoms with Gasteiger partial charge in [0.15, 0.2) is 0 Å². The SMILES string of the molecule is O=C(O)[C@H](CCO[C@@H]1CCCN(CCCc2ccc3c(n2)NCCC3)C1)c1cccc2c1cnn2CC1CC1. The molecule has 0 bridgehead atoms. The summed E-state index contributed by atoms with van der Waals surface area (Å²) in [7, 11) is 0. The Morgan fingerprint density at radius 3 is 2.97 bits per heavy atom. The fraction of sp³-hybridized carbons (Fsp3) is 0.581. The molecule has 208 valence electrons. The molecule has 1 aliphatic carbocycles. The van der Waals surface area contributed by atoms with Gasteiger partial charge in [0.1, 0.15) is 5.82 Å². The van der Waals surface area contributed by atoms with Gasteiger partial charge >= 0.3 is 5.97 Å². The second-order valence-corrected chi connectivity index (χ2v) is 11.6. The summed E-state index contributed by atoms with van der Waals surface area (Å²) in [5, 5.41) is 19.1. The number of carbonyl (C=O) groups is 1. The van der Waals surface area contributed by atoms with Crippen LogP contribution in [-0.4, -0.2) is 69.6 Å². The van der Waals surface area contributed by atoms with Crippen LogP contribution in [0.3, 0.4) is 0 Å². The molecule has 3 aliphatic rings. The molecular weight excluding hydrogens is 490 g/mol. The van der Waals surface area contributed by atoms with Crippen molar-refractivity contribution in [2.75, 3.05) is 38.1 Å². The normalized spacial score (nSPS) is 20.5. The van der Waals surface area contributed by atoms with Crippen LogP contribution in [0, 0.1) is 5.92 Å². The zero-order chi connectivity index (χ0) is 26.6. The summed E-state index contributed by atoms with van der Waals surface area (Å²) in [4.78, 5) is 19.6. The van der Waals surface area contributed by atoms with E-state index in [1.165, 1.54) is 30.5 Å². The van der Waals surface area contributed by atoms with Crippen molar-refractivity contribution in [3.8, 4) is 0 Å². The molecule has 1 aromatic carbocycles. The molecule has 0 amide bonds. The fourth-order valence-electron chi connectivity index (χ4n) is 6.23. The average Bonchev–Trinajstić information content (AvgIpc) is 3.68. The molecule has 8 nitrogen and oxygen atoms in total. The van der Waals surface area contributed by atoms with E-state index in [0.29, 0.717) is 18.9 Å². The van der Waals surface area contributed by atoms with Gasteiger partial charge in [-0.2, -0.15) is 5.10 Å². The van der Waals surface area contributed by atoms with Crippen molar-refractivity contribution in [1.82, 2.24) is 19.7 Å². The van der Waals surface area contributed by atoms with Crippen LogP contribution in [0.25, 0.3) is 10.9 Å². The maximum absolute atomic E-state index is 12.3. The lowest BCUT2D eigenvalue weighted by molar-refractivity contribution is -0.139. The summed E-state index contributed by atoms with van der Waals surface area (Å²) in [6.07, 6.45) is 11.5. The molecule has 2 N–H and O–H groups in total. The van der Waals surface area contributed by atoms with Crippen LogP contribution in [0.15, 0.2) is 36.5 Å². The smallest absolute Gasteiger partial charge is 0.311 e. The molecule has 2 aromatic heterocycles. The van der Waals surface area contributed by atoms with Crippen molar-refractivity contribution in [3.63, 3.8) is 0 Å². The van der Waals surface area contributed by atoms with Crippen LogP contribution in [-0.2, 0) is 28.9 Å². The molecule has 3 aromatic rings. The van der Waals surface area contributed by atoms with Crippen molar-refractivity contribution in [3.05, 3.63) is 53.3 Å². The quantitative estimate of drug-likeness (QED) is 0.344. The molecule has 1 saturated heterocycles. The number of pyridine rings is 1. The largest absolute Gasteiger partial charge is 0.481 e. The van der Waals surface area contributed by atoms with Crippen molar-refractivity contribution >= 4 is 22.7 Å². The van der Waals surface area contributed by atoms with Gasteiger partial charge in [-0.05, 0) is 100 Å². The van der Waals surface area contributed by atoms with Crippen LogP contribution in [0.4, 0.5) is 5.82 Å². The number of nitrogens with one attached hydrogen (secondary N) is 1. The Hall–Kier alpha value is -2.97. The maximum atomic E-state index is 12.3. The first-order chi connectivity index (χ1) is 19.1. The minimum absolute atomic E-state index is 0.163. The lowest BCUT2D eigenvalue weighted by Gasteiger charge is -2.32. The van der Waals surface area contributed by atoms with Crippen LogP contribution < -0.4 is 5.32 Å². The number of carboxylic acid groups (broad SMARTS) is 1. The summed E-state index contributed by atoms with van der Waals surface area (Å²) in [6.45, 7) is 5.45. The Bertz CT molecular complexity index is 1290. The molecule has 39 heavy (non-hydrogen) atoms. The molecule has 2 fully saturated rings. The first kappa shape index (κ1) is 26.3. The Morgan fingerprint density at radius 2 is 2.10 bits per heavy atom. The molecular formula is C31H41N5O3. The molecule has 0 unspecified atom stereocenters. The highest BCUT2D eigenvalue weighted by Crippen LogP contribution is 2.33. The van der Waals surface area contributed by atoms with E-state index in [1.807, 2.05) is 23.0 Å². The lowest BCUT2D eigenvalue weighted by atomic mass is 9.93. The number of aryl methyl sites for hydroxylation is 2. The summed E-state index contributed by atoms with van der Waals surface area (Å²) < 4.78 is 8.32. The third kappa shape index (κ3) is 6.44. The van der Waals surface area contributed by atoms with Crippen molar-refractivity contribution in [2.45, 2.75) is 76.4 Å². The second kappa shape index (κ2) is 12.0. The molecule has 2 aliphatic heterocycles. The van der Waals surface area contributed by atoms with Gasteiger partial charge < -0.3 is 20.1 Å². The lowest BCUT2D eigenvalue weighted by Crippen LogP contribution is -2.40. The maximum Gasteiger partial charge on any atom is 0.311 e. The number of carboxylic acids is 1. The highest BCUT2D eigenvalue weighted by molar-refractivity contribution is 5.88. The number of piperidine rings is 1. The zero-order valence-electron chi connectivity index (χ0n) is 22.9. The van der Waals surface area contributed by atoms with Crippen molar-refractivity contribution in [2.24, 2.45) is 5.92 Å². The predicted octanol–water partition coefficient (Wildman–Crippen LogP) is 4.87. The molecule has 0 spiro atoms. The van der Waals surface area contributed by atoms with Gasteiger partial charge in [0.2, 0.25) is 0 Å². The summed E-state index contributed by atoms with van der Waals surface area (Å²) in [5.41, 5.74) is 4.39. The monoisotopic (exact) mass is 531 g/mol. The number of ether oxygens (including phenoxy) is 1. The Morgan fingerprint density at radius 1 is 1.18 bits per heavy atom. The van der Waals surface area contributed by atoms with E-state index in [1.54, 1.807) is 0 Å². The van der Waals surface area contributed by atoms with Crippen LogP contribution in [0.2, 0.25) is 0 Å². The number of anilines is 1. The third-order valence-corrected chi connectivity index (χ3v) is 8.60. The van der Waals surface area contributed by atoms with Gasteiger partial charge in [-0.3, -0.25) is 9.48 Å². The number of aromatic nitrogens is 3. The molecule has 0 radical (unpaired) electrons. The Balaban J connectivity index is 0.988. The molecule has 2 atom stereocenters. The van der Waals surface area contributed by atoms with Gasteiger partial charge in [-0.15, -0.1) is 0 Å². The Kier molecular flexibility index (Phi) is 8.11. The van der Waals surface area contributed by atoms with Gasteiger partial charge in [0, 0.05) is 37.3 Å². The van der Waals surface area contributed by atoms with E-state index in [9.17, 15) is 9.90 Å². The topological polar surface area (TPSA) is 92.5 Å². The third-order valence-electron chi connectivity index (χ3n) is 8.60. The molecule has 4 heterocycles. The number of benzene rings is 1. The summed E-state index contributed by atoms with van der Waals surface area (Å²) >= 11 is 0. The van der Waals surface area contributed by atoms with E-state index < -0.39 is 11.9 Å². The highest BCUT2D eigenvalue weighted by Gasteiger charge is 2.27. The van der Waals surface area contributed by atoms with E-state index in [-0.39, 0.29) is 6.10 Å². The highest BCUT2D eigenvalue weighted by atomic mass is 16.5. The number of nitrogens with zero attached hydrogens (tertiary/aromatic N) is 4. The summed E-state index contributed by atoms with van der Waals surface area (Å²) in [5.74, 6) is 0.407. The number of aliphatic carboxylic acids is 1. The van der Waals surface area contributed by atoms with Gasteiger partial charge in [0.05, 0.1) is 23.7 Å². The number of likely N-dealkylation sites (tertiary alicyclic amines) is 1. The number of fused-ring (bicyclic) bond motifs is 2. The predicted molar refractivity (Wildman–Crippen MR) is 152 cm³/mol. The average molecular weight is 532 g/mol. The van der Waals surface area contributed by atoms with Crippen molar-refractivity contribution < 1.29 is 14.6 Å². The van der Waals surface area contributed by atoms with Crippen LogP contribution in [0.1, 0.15) is 67.7 Å². The van der Waals surface area contributed by atoms with Gasteiger partial charge in [0.25, 0.3) is 0 Å².